The lowest BCUT2D eigenvalue weighted by Crippen LogP contribution is -2.42. The molecule has 0 bridgehead atoms. The van der Waals surface area contributed by atoms with Gasteiger partial charge in [-0.2, -0.15) is 3.97 Å². The fourth-order valence-electron chi connectivity index (χ4n) is 1.93. The number of rotatable bonds is 2. The second-order valence-corrected chi connectivity index (χ2v) is 6.30. The van der Waals surface area contributed by atoms with Gasteiger partial charge in [0, 0.05) is 14.1 Å². The average Bonchev–Trinajstić information content (AvgIpc) is 2.43. The van der Waals surface area contributed by atoms with Crippen LogP contribution in [-0.2, 0) is 17.1 Å². The normalized spacial score (nSPS) is 12.7. The molecule has 0 aliphatic carbocycles. The molecule has 8 heteroatoms. The zero-order valence-electron chi connectivity index (χ0n) is 11.7. The van der Waals surface area contributed by atoms with Crippen LogP contribution in [0.4, 0.5) is 4.39 Å². The minimum Gasteiger partial charge on any atom is -0.278 e. The van der Waals surface area contributed by atoms with Crippen LogP contribution in [0.5, 0.6) is 0 Å². The van der Waals surface area contributed by atoms with Crippen molar-refractivity contribution >= 4 is 10.0 Å². The number of nitrogens with zero attached hydrogens (tertiary/aromatic N) is 3. The van der Waals surface area contributed by atoms with Crippen molar-refractivity contribution in [3.8, 4) is 0 Å². The van der Waals surface area contributed by atoms with Crippen LogP contribution < -0.4 is 11.2 Å². The zero-order chi connectivity index (χ0) is 15.8. The second kappa shape index (κ2) is 5.28. The van der Waals surface area contributed by atoms with Crippen molar-refractivity contribution in [1.29, 1.82) is 0 Å². The molecule has 0 saturated carbocycles. The lowest BCUT2D eigenvalue weighted by molar-refractivity contribution is 0.537. The highest BCUT2D eigenvalue weighted by Crippen LogP contribution is 2.13. The molecule has 2 rings (SSSR count). The van der Waals surface area contributed by atoms with Crippen LogP contribution in [0.25, 0.3) is 0 Å². The van der Waals surface area contributed by atoms with Gasteiger partial charge in [0.1, 0.15) is 0 Å². The van der Waals surface area contributed by atoms with Crippen molar-refractivity contribution in [1.82, 2.24) is 8.54 Å². The fraction of sp³-hybridized carbons (Fsp3) is 0.231. The van der Waals surface area contributed by atoms with Crippen molar-refractivity contribution in [2.75, 3.05) is 7.05 Å². The first-order valence-electron chi connectivity index (χ1n) is 6.02. The fourth-order valence-corrected chi connectivity index (χ4v) is 3.30. The van der Waals surface area contributed by atoms with Crippen molar-refractivity contribution < 1.29 is 12.8 Å². The number of benzene rings is 1. The molecule has 1 heterocycles. The molecular weight excluding hydrogens is 297 g/mol. The summed E-state index contributed by atoms with van der Waals surface area (Å²) in [7, 11) is -1.58. The first-order valence-corrected chi connectivity index (χ1v) is 7.46. The quantitative estimate of drug-likeness (QED) is 0.806. The molecule has 1 aromatic heterocycles. The predicted octanol–water partition coefficient (Wildman–Crippen LogP) is 0.402. The summed E-state index contributed by atoms with van der Waals surface area (Å²) in [5.74, 6) is -0.893. The third-order valence-electron chi connectivity index (χ3n) is 3.00. The maximum Gasteiger partial charge on any atom is 0.343 e. The van der Waals surface area contributed by atoms with Crippen LogP contribution in [0, 0.1) is 12.7 Å². The summed E-state index contributed by atoms with van der Waals surface area (Å²) in [5.41, 5.74) is -0.386. The standard InChI is InChI=1S/C13H14FN3O3S/c1-9-5-4-6-10(7-9)21(19,20)17-8-11(14)12(15-2)16(3)13(17)18/h4-8H,1-3H3. The number of hydrogen-bond acceptors (Lipinski definition) is 4. The van der Waals surface area contributed by atoms with Gasteiger partial charge in [0.15, 0.2) is 11.3 Å². The van der Waals surface area contributed by atoms with Crippen molar-refractivity contribution in [3.63, 3.8) is 0 Å². The third kappa shape index (κ3) is 2.54. The largest absolute Gasteiger partial charge is 0.343 e. The molecule has 1 aromatic carbocycles. The predicted molar refractivity (Wildman–Crippen MR) is 74.9 cm³/mol. The minimum absolute atomic E-state index is 0.0785. The lowest BCUT2D eigenvalue weighted by atomic mass is 10.2. The van der Waals surface area contributed by atoms with Crippen LogP contribution in [0.1, 0.15) is 5.56 Å². The van der Waals surface area contributed by atoms with E-state index in [1.165, 1.54) is 26.2 Å². The Balaban J connectivity index is 2.82. The minimum atomic E-state index is -4.16. The maximum absolute atomic E-state index is 13.9. The summed E-state index contributed by atoms with van der Waals surface area (Å²) in [6.07, 6.45) is 0.641. The summed E-state index contributed by atoms with van der Waals surface area (Å²) in [5, 5.41) is 0. The van der Waals surface area contributed by atoms with Gasteiger partial charge < -0.3 is 0 Å². The van der Waals surface area contributed by atoms with E-state index < -0.39 is 21.5 Å². The molecule has 0 unspecified atom stereocenters. The number of halogens is 1. The van der Waals surface area contributed by atoms with Gasteiger partial charge in [0.25, 0.3) is 10.0 Å². The van der Waals surface area contributed by atoms with Crippen LogP contribution in [0.2, 0.25) is 0 Å². The second-order valence-electron chi connectivity index (χ2n) is 4.48. The highest BCUT2D eigenvalue weighted by molar-refractivity contribution is 7.90. The van der Waals surface area contributed by atoms with Gasteiger partial charge in [-0.05, 0) is 24.6 Å². The van der Waals surface area contributed by atoms with Crippen molar-refractivity contribution in [2.24, 2.45) is 12.0 Å². The van der Waals surface area contributed by atoms with Gasteiger partial charge in [-0.25, -0.2) is 17.6 Å². The molecule has 0 aliphatic rings. The molecule has 2 aromatic rings. The van der Waals surface area contributed by atoms with Gasteiger partial charge in [-0.3, -0.25) is 9.56 Å². The topological polar surface area (TPSA) is 73.4 Å². The van der Waals surface area contributed by atoms with Gasteiger partial charge in [0.05, 0.1) is 11.1 Å². The van der Waals surface area contributed by atoms with Crippen molar-refractivity contribution in [2.45, 2.75) is 11.8 Å². The number of aromatic nitrogens is 2. The van der Waals surface area contributed by atoms with E-state index >= 15 is 0 Å². The maximum atomic E-state index is 13.9. The zero-order valence-corrected chi connectivity index (χ0v) is 12.6. The molecule has 0 spiro atoms. The molecule has 21 heavy (non-hydrogen) atoms. The molecule has 0 amide bonds. The summed E-state index contributed by atoms with van der Waals surface area (Å²) in [6.45, 7) is 1.72. The molecule has 112 valence electrons. The van der Waals surface area contributed by atoms with Crippen molar-refractivity contribution in [3.05, 3.63) is 57.8 Å². The monoisotopic (exact) mass is 311 g/mol. The van der Waals surface area contributed by atoms with Crippen LogP contribution in [0.15, 0.2) is 45.1 Å². The molecule has 0 fully saturated rings. The van der Waals surface area contributed by atoms with Crippen LogP contribution in [0.3, 0.4) is 0 Å². The number of aryl methyl sites for hydroxylation is 1. The average molecular weight is 311 g/mol. The first-order chi connectivity index (χ1) is 9.78. The lowest BCUT2D eigenvalue weighted by Gasteiger charge is -2.10. The smallest absolute Gasteiger partial charge is 0.278 e. The highest BCUT2D eigenvalue weighted by Gasteiger charge is 2.21. The Labute approximate surface area is 120 Å². The van der Waals surface area contributed by atoms with E-state index in [0.717, 1.165) is 4.57 Å². The van der Waals surface area contributed by atoms with Crippen LogP contribution in [-0.4, -0.2) is 24.0 Å². The van der Waals surface area contributed by atoms with E-state index in [1.807, 2.05) is 0 Å². The highest BCUT2D eigenvalue weighted by atomic mass is 32.2. The summed E-state index contributed by atoms with van der Waals surface area (Å²) in [4.78, 5) is 15.7. The summed E-state index contributed by atoms with van der Waals surface area (Å²) >= 11 is 0. The molecule has 0 atom stereocenters. The molecule has 0 aliphatic heterocycles. The summed E-state index contributed by atoms with van der Waals surface area (Å²) in [6, 6.07) is 6.05. The Kier molecular flexibility index (Phi) is 3.82. The van der Waals surface area contributed by atoms with E-state index in [0.29, 0.717) is 15.7 Å². The Bertz CT molecular complexity index is 926. The molecule has 0 radical (unpaired) electrons. The first kappa shape index (κ1) is 15.2. The van der Waals surface area contributed by atoms with E-state index in [1.54, 1.807) is 19.1 Å². The SMILES string of the molecule is CN=c1c(F)cn(S(=O)(=O)c2cccc(C)c2)c(=O)n1C. The molecular formula is C13H14FN3O3S. The third-order valence-corrected chi connectivity index (χ3v) is 4.62. The Morgan fingerprint density at radius 2 is 1.95 bits per heavy atom. The van der Waals surface area contributed by atoms with E-state index in [4.69, 9.17) is 0 Å². The van der Waals surface area contributed by atoms with Gasteiger partial charge in [-0.1, -0.05) is 12.1 Å². The Morgan fingerprint density at radius 3 is 2.52 bits per heavy atom. The Hall–Kier alpha value is -2.22. The summed E-state index contributed by atoms with van der Waals surface area (Å²) < 4.78 is 40.0. The van der Waals surface area contributed by atoms with Gasteiger partial charge >= 0.3 is 5.69 Å². The van der Waals surface area contributed by atoms with E-state index in [2.05, 4.69) is 4.99 Å². The van der Waals surface area contributed by atoms with Gasteiger partial charge in [-0.15, -0.1) is 0 Å². The Morgan fingerprint density at radius 1 is 1.29 bits per heavy atom. The van der Waals surface area contributed by atoms with E-state index in [9.17, 15) is 17.6 Å². The number of hydrogen-bond donors (Lipinski definition) is 0. The van der Waals surface area contributed by atoms with E-state index in [-0.39, 0.29) is 10.4 Å². The molecule has 0 saturated heterocycles. The van der Waals surface area contributed by atoms with Gasteiger partial charge in [0.2, 0.25) is 0 Å². The molecule has 0 N–H and O–H groups in total. The van der Waals surface area contributed by atoms with Crippen LogP contribution >= 0.6 is 0 Å². The molecule has 6 nitrogen and oxygen atoms in total.